The number of benzene rings is 1. The summed E-state index contributed by atoms with van der Waals surface area (Å²) >= 11 is 5.90. The maximum atomic E-state index is 8.58. The lowest BCUT2D eigenvalue weighted by molar-refractivity contribution is 0.737. The summed E-state index contributed by atoms with van der Waals surface area (Å²) in [4.78, 5) is 0. The van der Waals surface area contributed by atoms with E-state index in [4.69, 9.17) is 28.3 Å². The van der Waals surface area contributed by atoms with Gasteiger partial charge in [0, 0.05) is 17.6 Å². The van der Waals surface area contributed by atoms with Gasteiger partial charge in [-0.15, -0.1) is 0 Å². The zero-order valence-corrected chi connectivity index (χ0v) is 7.75. The van der Waals surface area contributed by atoms with Crippen LogP contribution in [0.25, 0.3) is 0 Å². The van der Waals surface area contributed by atoms with Crippen LogP contribution < -0.4 is 11.5 Å². The average Bonchev–Trinajstić information content (AvgIpc) is 2.16. The number of hydrogen-bond donors (Lipinski definition) is 2. The van der Waals surface area contributed by atoms with Crippen molar-refractivity contribution in [2.24, 2.45) is 11.5 Å². The highest BCUT2D eigenvalue weighted by atomic mass is 35.5. The Balaban J connectivity index is 3.07. The van der Waals surface area contributed by atoms with E-state index in [2.05, 4.69) is 0 Å². The summed E-state index contributed by atoms with van der Waals surface area (Å²) in [6, 6.07) is 6.73. The van der Waals surface area contributed by atoms with Gasteiger partial charge in [0.1, 0.15) is 0 Å². The molecule has 1 rings (SSSR count). The third kappa shape index (κ3) is 2.19. The Morgan fingerprint density at radius 1 is 1.54 bits per heavy atom. The molecule has 13 heavy (non-hydrogen) atoms. The Bertz CT molecular complexity index is 343. The molecule has 0 spiro atoms. The summed E-state index contributed by atoms with van der Waals surface area (Å²) in [5, 5.41) is 9.08. The summed E-state index contributed by atoms with van der Waals surface area (Å²) in [7, 11) is 0. The van der Waals surface area contributed by atoms with Crippen LogP contribution in [0.15, 0.2) is 18.2 Å². The van der Waals surface area contributed by atoms with E-state index < -0.39 is 0 Å². The minimum absolute atomic E-state index is 0.264. The van der Waals surface area contributed by atoms with Gasteiger partial charge in [-0.05, 0) is 17.7 Å². The molecule has 1 aromatic rings. The van der Waals surface area contributed by atoms with Crippen molar-refractivity contribution < 1.29 is 0 Å². The lowest BCUT2D eigenvalue weighted by Crippen LogP contribution is -2.21. The third-order valence-electron chi connectivity index (χ3n) is 1.78. The molecule has 0 amide bonds. The predicted octanol–water partition coefficient (Wildman–Crippen LogP) is 1.17. The van der Waals surface area contributed by atoms with Crippen molar-refractivity contribution in [2.45, 2.75) is 6.04 Å². The van der Waals surface area contributed by atoms with E-state index in [0.717, 1.165) is 5.56 Å². The van der Waals surface area contributed by atoms with Crippen LogP contribution in [0.5, 0.6) is 0 Å². The van der Waals surface area contributed by atoms with E-state index in [-0.39, 0.29) is 6.04 Å². The van der Waals surface area contributed by atoms with Gasteiger partial charge in [-0.1, -0.05) is 17.7 Å². The van der Waals surface area contributed by atoms with Gasteiger partial charge < -0.3 is 11.5 Å². The normalized spacial score (nSPS) is 12.2. The molecule has 0 aliphatic rings. The quantitative estimate of drug-likeness (QED) is 0.744. The lowest BCUT2D eigenvalue weighted by Gasteiger charge is -2.10. The first kappa shape index (κ1) is 10.0. The third-order valence-corrected chi connectivity index (χ3v) is 2.11. The van der Waals surface area contributed by atoms with Crippen LogP contribution in [0.2, 0.25) is 5.02 Å². The second-order valence-corrected chi connectivity index (χ2v) is 3.10. The van der Waals surface area contributed by atoms with E-state index in [1.807, 2.05) is 6.07 Å². The summed E-state index contributed by atoms with van der Waals surface area (Å²) in [6.45, 7) is 0.339. The molecular formula is C9H10ClN3. The summed E-state index contributed by atoms with van der Waals surface area (Å²) in [5.74, 6) is 0. The van der Waals surface area contributed by atoms with Gasteiger partial charge in [-0.2, -0.15) is 5.26 Å². The fourth-order valence-electron chi connectivity index (χ4n) is 1.02. The molecule has 4 heteroatoms. The van der Waals surface area contributed by atoms with Crippen LogP contribution in [0.1, 0.15) is 17.2 Å². The van der Waals surface area contributed by atoms with Crippen LogP contribution in [0.3, 0.4) is 0 Å². The Labute approximate surface area is 81.9 Å². The van der Waals surface area contributed by atoms with Gasteiger partial charge in [-0.25, -0.2) is 0 Å². The summed E-state index contributed by atoms with van der Waals surface area (Å²) in [5.41, 5.74) is 12.4. The van der Waals surface area contributed by atoms with Gasteiger partial charge in [0.2, 0.25) is 0 Å². The van der Waals surface area contributed by atoms with Gasteiger partial charge in [0.25, 0.3) is 0 Å². The van der Waals surface area contributed by atoms with Crippen LogP contribution in [-0.4, -0.2) is 6.54 Å². The number of nitrogens with two attached hydrogens (primary N) is 2. The predicted molar refractivity (Wildman–Crippen MR) is 52.1 cm³/mol. The van der Waals surface area contributed by atoms with Crippen LogP contribution in [0.4, 0.5) is 0 Å². The minimum atomic E-state index is -0.264. The SMILES string of the molecule is N#Cc1ccc(C(N)CN)c(Cl)c1. The van der Waals surface area contributed by atoms with Crippen LogP contribution in [-0.2, 0) is 0 Å². The van der Waals surface area contributed by atoms with Crippen LogP contribution in [0, 0.1) is 11.3 Å². The van der Waals surface area contributed by atoms with Gasteiger partial charge in [0.15, 0.2) is 0 Å². The second kappa shape index (κ2) is 4.24. The van der Waals surface area contributed by atoms with E-state index in [1.165, 1.54) is 0 Å². The second-order valence-electron chi connectivity index (χ2n) is 2.69. The van der Waals surface area contributed by atoms with E-state index in [0.29, 0.717) is 17.1 Å². The molecule has 68 valence electrons. The monoisotopic (exact) mass is 195 g/mol. The highest BCUT2D eigenvalue weighted by Gasteiger charge is 2.08. The molecule has 0 saturated heterocycles. The van der Waals surface area contributed by atoms with Crippen molar-refractivity contribution in [3.63, 3.8) is 0 Å². The molecule has 0 aromatic heterocycles. The zero-order valence-electron chi connectivity index (χ0n) is 7.00. The van der Waals surface area contributed by atoms with Crippen LogP contribution >= 0.6 is 11.6 Å². The lowest BCUT2D eigenvalue weighted by atomic mass is 10.1. The molecule has 0 aliphatic heterocycles. The molecule has 1 unspecified atom stereocenters. The topological polar surface area (TPSA) is 75.8 Å². The number of rotatable bonds is 2. The summed E-state index contributed by atoms with van der Waals surface area (Å²) in [6.07, 6.45) is 0. The van der Waals surface area contributed by atoms with Crippen molar-refractivity contribution in [1.82, 2.24) is 0 Å². The Hall–Kier alpha value is -1.08. The van der Waals surface area contributed by atoms with E-state index in [9.17, 15) is 0 Å². The van der Waals surface area contributed by atoms with Gasteiger partial charge >= 0.3 is 0 Å². The Kier molecular flexibility index (Phi) is 3.26. The molecule has 1 aromatic carbocycles. The standard InChI is InChI=1S/C9H10ClN3/c10-8-3-6(4-11)1-2-7(8)9(13)5-12/h1-3,9H,5,12-13H2. The van der Waals surface area contributed by atoms with Crippen molar-refractivity contribution in [1.29, 1.82) is 5.26 Å². The van der Waals surface area contributed by atoms with E-state index >= 15 is 0 Å². The fourth-order valence-corrected chi connectivity index (χ4v) is 1.35. The smallest absolute Gasteiger partial charge is 0.0992 e. The number of hydrogen-bond acceptors (Lipinski definition) is 3. The fraction of sp³-hybridized carbons (Fsp3) is 0.222. The highest BCUT2D eigenvalue weighted by Crippen LogP contribution is 2.21. The number of nitrogens with zero attached hydrogens (tertiary/aromatic N) is 1. The average molecular weight is 196 g/mol. The molecular weight excluding hydrogens is 186 g/mol. The summed E-state index contributed by atoms with van der Waals surface area (Å²) < 4.78 is 0. The van der Waals surface area contributed by atoms with Crippen molar-refractivity contribution in [3.8, 4) is 6.07 Å². The van der Waals surface area contributed by atoms with E-state index in [1.54, 1.807) is 18.2 Å². The van der Waals surface area contributed by atoms with Gasteiger partial charge in [0.05, 0.1) is 11.6 Å². The molecule has 3 nitrogen and oxygen atoms in total. The molecule has 0 aliphatic carbocycles. The Morgan fingerprint density at radius 2 is 2.23 bits per heavy atom. The first-order valence-corrected chi connectivity index (χ1v) is 4.22. The maximum absolute atomic E-state index is 8.58. The van der Waals surface area contributed by atoms with Crippen molar-refractivity contribution >= 4 is 11.6 Å². The van der Waals surface area contributed by atoms with Crippen molar-refractivity contribution in [2.75, 3.05) is 6.54 Å². The maximum Gasteiger partial charge on any atom is 0.0992 e. The van der Waals surface area contributed by atoms with Crippen molar-refractivity contribution in [3.05, 3.63) is 34.3 Å². The highest BCUT2D eigenvalue weighted by molar-refractivity contribution is 6.31. The molecule has 0 bridgehead atoms. The molecule has 4 N–H and O–H groups in total. The molecule has 0 heterocycles. The first-order valence-electron chi connectivity index (χ1n) is 3.84. The largest absolute Gasteiger partial charge is 0.329 e. The number of halogens is 1. The molecule has 0 saturated carbocycles. The minimum Gasteiger partial charge on any atom is -0.329 e. The zero-order chi connectivity index (χ0) is 9.84. The number of nitriles is 1. The molecule has 0 fully saturated rings. The van der Waals surface area contributed by atoms with Gasteiger partial charge in [-0.3, -0.25) is 0 Å². The first-order chi connectivity index (χ1) is 6.19. The molecule has 1 atom stereocenters. The molecule has 0 radical (unpaired) electrons. The Morgan fingerprint density at radius 3 is 2.69 bits per heavy atom.